The Hall–Kier alpha value is -0.543. The van der Waals surface area contributed by atoms with E-state index in [1.165, 1.54) is 23.5 Å². The minimum atomic E-state index is -1.31. The molecule has 1 rings (SSSR count). The predicted octanol–water partition coefficient (Wildman–Crippen LogP) is 2.45. The van der Waals surface area contributed by atoms with Gasteiger partial charge in [0.05, 0.1) is 11.6 Å². The van der Waals surface area contributed by atoms with Crippen LogP contribution in [0.4, 0.5) is 0 Å². The average Bonchev–Trinajstić information content (AvgIpc) is 2.71. The van der Waals surface area contributed by atoms with E-state index in [0.29, 0.717) is 6.54 Å². The number of furan rings is 1. The lowest BCUT2D eigenvalue weighted by Gasteiger charge is -2.24. The van der Waals surface area contributed by atoms with Crippen molar-refractivity contribution in [1.29, 1.82) is 0 Å². The van der Waals surface area contributed by atoms with Gasteiger partial charge in [0.15, 0.2) is 0 Å². The van der Waals surface area contributed by atoms with Crippen molar-refractivity contribution in [3.8, 4) is 0 Å². The van der Waals surface area contributed by atoms with Crippen LogP contribution in [0.3, 0.4) is 0 Å². The Morgan fingerprint density at radius 3 is 2.14 bits per heavy atom. The molecule has 0 unspecified atom stereocenters. The Bertz CT molecular complexity index is 270. The van der Waals surface area contributed by atoms with Crippen LogP contribution in [0.25, 0.3) is 0 Å². The summed E-state index contributed by atoms with van der Waals surface area (Å²) in [5.41, 5.74) is 6.72. The fraction of sp³-hybridized carbons (Fsp3) is 0.636. The van der Waals surface area contributed by atoms with Crippen molar-refractivity contribution in [3.05, 3.63) is 17.9 Å². The monoisotopic (exact) mass is 211 g/mol. The van der Waals surface area contributed by atoms with Crippen molar-refractivity contribution in [2.24, 2.45) is 5.73 Å². The van der Waals surface area contributed by atoms with E-state index < -0.39 is 8.07 Å². The molecule has 0 bridgehead atoms. The number of hydrogen-bond acceptors (Lipinski definition) is 2. The largest absolute Gasteiger partial charge is 0.474 e. The highest BCUT2D eigenvalue weighted by Gasteiger charge is 2.32. The molecule has 0 saturated heterocycles. The summed E-state index contributed by atoms with van der Waals surface area (Å²) in [4.78, 5) is 0. The molecule has 1 aromatic heterocycles. The van der Waals surface area contributed by atoms with E-state index in [1.54, 1.807) is 0 Å². The number of rotatable bonds is 5. The van der Waals surface area contributed by atoms with Crippen LogP contribution in [0.2, 0.25) is 18.1 Å². The first-order chi connectivity index (χ1) is 6.72. The minimum Gasteiger partial charge on any atom is -0.474 e. The van der Waals surface area contributed by atoms with Crippen LogP contribution in [0.5, 0.6) is 0 Å². The molecule has 0 radical (unpaired) electrons. The van der Waals surface area contributed by atoms with Gasteiger partial charge in [0.25, 0.3) is 0 Å². The molecule has 0 amide bonds. The second kappa shape index (κ2) is 4.80. The van der Waals surface area contributed by atoms with Crippen LogP contribution in [0, 0.1) is 0 Å². The van der Waals surface area contributed by atoms with Gasteiger partial charge in [-0.3, -0.25) is 0 Å². The summed E-state index contributed by atoms with van der Waals surface area (Å²) in [6.45, 7) is 7.43. The number of hydrogen-bond donors (Lipinski definition) is 1. The van der Waals surface area contributed by atoms with E-state index in [9.17, 15) is 0 Å². The fourth-order valence-electron chi connectivity index (χ4n) is 2.03. The molecule has 3 heteroatoms. The first-order valence-corrected chi connectivity index (χ1v) is 8.12. The average molecular weight is 211 g/mol. The van der Waals surface area contributed by atoms with Gasteiger partial charge in [-0.25, -0.2) is 0 Å². The molecule has 2 N–H and O–H groups in total. The Kier molecular flexibility index (Phi) is 3.95. The molecule has 0 aliphatic rings. The molecule has 0 aliphatic heterocycles. The van der Waals surface area contributed by atoms with E-state index >= 15 is 0 Å². The zero-order valence-electron chi connectivity index (χ0n) is 9.47. The zero-order valence-corrected chi connectivity index (χ0v) is 10.5. The third-order valence-electron chi connectivity index (χ3n) is 3.44. The van der Waals surface area contributed by atoms with Crippen molar-refractivity contribution >= 4 is 13.5 Å². The molecule has 0 atom stereocenters. The van der Waals surface area contributed by atoms with E-state index in [-0.39, 0.29) is 0 Å². The van der Waals surface area contributed by atoms with Crippen LogP contribution in [-0.2, 0) is 6.54 Å². The second-order valence-electron chi connectivity index (χ2n) is 3.86. The highest BCUT2D eigenvalue weighted by molar-refractivity contribution is 6.90. The Balaban J connectivity index is 2.98. The van der Waals surface area contributed by atoms with Gasteiger partial charge in [0, 0.05) is 12.1 Å². The summed E-state index contributed by atoms with van der Waals surface area (Å²) in [5.74, 6) is 0. The minimum absolute atomic E-state index is 0.588. The lowest BCUT2D eigenvalue weighted by molar-refractivity contribution is 0.591. The normalized spacial score (nSPS) is 12.0. The third kappa shape index (κ3) is 1.93. The van der Waals surface area contributed by atoms with Crippen LogP contribution in [0.1, 0.15) is 26.3 Å². The van der Waals surface area contributed by atoms with Crippen molar-refractivity contribution < 1.29 is 4.42 Å². The molecule has 2 nitrogen and oxygen atoms in total. The smallest absolute Gasteiger partial charge is 0.131 e. The first kappa shape index (κ1) is 11.5. The molecule has 0 aromatic carbocycles. The molecule has 0 aliphatic carbocycles. The van der Waals surface area contributed by atoms with Crippen LogP contribution in [-0.4, -0.2) is 8.07 Å². The zero-order chi connectivity index (χ0) is 10.6. The summed E-state index contributed by atoms with van der Waals surface area (Å²) in [6.07, 6.45) is 1.82. The van der Waals surface area contributed by atoms with E-state index in [2.05, 4.69) is 26.8 Å². The topological polar surface area (TPSA) is 39.2 Å². The first-order valence-electron chi connectivity index (χ1n) is 5.50. The highest BCUT2D eigenvalue weighted by Crippen LogP contribution is 2.21. The van der Waals surface area contributed by atoms with Crippen molar-refractivity contribution in [2.75, 3.05) is 0 Å². The highest BCUT2D eigenvalue weighted by atomic mass is 28.3. The van der Waals surface area contributed by atoms with Gasteiger partial charge in [0.2, 0.25) is 0 Å². The summed E-state index contributed by atoms with van der Waals surface area (Å²) in [7, 11) is -1.31. The lowest BCUT2D eigenvalue weighted by atomic mass is 10.4. The third-order valence-corrected chi connectivity index (χ3v) is 8.81. The SMILES string of the molecule is CC[Si](CC)(CC)c1cc(CN)co1. The summed E-state index contributed by atoms with van der Waals surface area (Å²) in [5, 5.41) is 1.24. The van der Waals surface area contributed by atoms with E-state index in [1.807, 2.05) is 6.26 Å². The van der Waals surface area contributed by atoms with Gasteiger partial charge in [-0.15, -0.1) is 0 Å². The van der Waals surface area contributed by atoms with Crippen LogP contribution >= 0.6 is 0 Å². The molecular weight excluding hydrogens is 190 g/mol. The Morgan fingerprint density at radius 2 is 1.79 bits per heavy atom. The maximum absolute atomic E-state index is 5.68. The molecule has 0 spiro atoms. The maximum Gasteiger partial charge on any atom is 0.131 e. The predicted molar refractivity (Wildman–Crippen MR) is 63.4 cm³/mol. The quantitative estimate of drug-likeness (QED) is 0.760. The molecular formula is C11H21NOSi. The van der Waals surface area contributed by atoms with Gasteiger partial charge in [0.1, 0.15) is 8.07 Å². The molecule has 14 heavy (non-hydrogen) atoms. The molecule has 80 valence electrons. The number of nitrogens with two attached hydrogens (primary N) is 1. The summed E-state index contributed by atoms with van der Waals surface area (Å²) < 4.78 is 5.68. The second-order valence-corrected chi connectivity index (χ2v) is 9.04. The van der Waals surface area contributed by atoms with E-state index in [0.717, 1.165) is 5.56 Å². The van der Waals surface area contributed by atoms with Crippen molar-refractivity contribution in [1.82, 2.24) is 0 Å². The van der Waals surface area contributed by atoms with Crippen molar-refractivity contribution in [3.63, 3.8) is 0 Å². The van der Waals surface area contributed by atoms with Crippen LogP contribution in [0.15, 0.2) is 16.7 Å². The molecule has 1 heterocycles. The van der Waals surface area contributed by atoms with Gasteiger partial charge in [-0.1, -0.05) is 38.9 Å². The maximum atomic E-state index is 5.68. The van der Waals surface area contributed by atoms with Gasteiger partial charge >= 0.3 is 0 Å². The molecule has 0 fully saturated rings. The Morgan fingerprint density at radius 1 is 1.21 bits per heavy atom. The standard InChI is InChI=1S/C11H21NOSi/c1-4-14(5-2,6-3)11-7-10(8-12)9-13-11/h7,9H,4-6,8,12H2,1-3H3. The van der Waals surface area contributed by atoms with Crippen LogP contribution < -0.4 is 11.1 Å². The van der Waals surface area contributed by atoms with Gasteiger partial charge < -0.3 is 10.2 Å². The summed E-state index contributed by atoms with van der Waals surface area (Å²) >= 11 is 0. The van der Waals surface area contributed by atoms with E-state index in [4.69, 9.17) is 10.2 Å². The molecule has 1 aromatic rings. The van der Waals surface area contributed by atoms with Gasteiger partial charge in [-0.2, -0.15) is 0 Å². The van der Waals surface area contributed by atoms with Crippen molar-refractivity contribution in [2.45, 2.75) is 45.4 Å². The lowest BCUT2D eigenvalue weighted by Crippen LogP contribution is -2.44. The van der Waals surface area contributed by atoms with Gasteiger partial charge in [-0.05, 0) is 6.07 Å². The fourth-order valence-corrected chi connectivity index (χ4v) is 5.38. The molecule has 0 saturated carbocycles. The summed E-state index contributed by atoms with van der Waals surface area (Å²) in [6, 6.07) is 5.95. The Labute approximate surface area is 87.5 Å².